The Morgan fingerprint density at radius 2 is 2.18 bits per heavy atom. The molecule has 0 spiro atoms. The van der Waals surface area contributed by atoms with Gasteiger partial charge in [-0.15, -0.1) is 0 Å². The van der Waals surface area contributed by atoms with Gasteiger partial charge in [0, 0.05) is 18.8 Å². The van der Waals surface area contributed by atoms with Gasteiger partial charge in [0.05, 0.1) is 24.1 Å². The summed E-state index contributed by atoms with van der Waals surface area (Å²) < 4.78 is 1.41. The summed E-state index contributed by atoms with van der Waals surface area (Å²) in [5.41, 5.74) is 2.95. The highest BCUT2D eigenvalue weighted by atomic mass is 16.2. The minimum atomic E-state index is -0.304. The first-order valence-corrected chi connectivity index (χ1v) is 7.30. The van der Waals surface area contributed by atoms with E-state index in [9.17, 15) is 9.59 Å². The van der Waals surface area contributed by atoms with Gasteiger partial charge in [0.25, 0.3) is 11.5 Å². The smallest absolute Gasteiger partial charge is 0.271 e. The molecule has 114 valence electrons. The van der Waals surface area contributed by atoms with Gasteiger partial charge in [-0.2, -0.15) is 5.10 Å². The molecule has 0 atom stereocenters. The van der Waals surface area contributed by atoms with Crippen LogP contribution >= 0.6 is 0 Å². The number of rotatable bonds is 4. The molecule has 0 saturated heterocycles. The number of aromatic nitrogens is 4. The van der Waals surface area contributed by atoms with Gasteiger partial charge in [-0.05, 0) is 31.7 Å². The van der Waals surface area contributed by atoms with Crippen molar-refractivity contribution in [3.05, 3.63) is 51.5 Å². The Labute approximate surface area is 127 Å². The molecule has 1 amide bonds. The van der Waals surface area contributed by atoms with E-state index in [2.05, 4.69) is 20.4 Å². The summed E-state index contributed by atoms with van der Waals surface area (Å²) in [5.74, 6) is -0.304. The van der Waals surface area contributed by atoms with Crippen LogP contribution in [0.1, 0.15) is 33.9 Å². The van der Waals surface area contributed by atoms with E-state index in [4.69, 9.17) is 0 Å². The van der Waals surface area contributed by atoms with Crippen molar-refractivity contribution in [3.8, 4) is 0 Å². The fourth-order valence-electron chi connectivity index (χ4n) is 2.48. The summed E-state index contributed by atoms with van der Waals surface area (Å²) in [6.45, 7) is 2.47. The first-order valence-electron chi connectivity index (χ1n) is 7.30. The summed E-state index contributed by atoms with van der Waals surface area (Å²) in [6.07, 6.45) is 5.88. The first-order chi connectivity index (χ1) is 10.6. The predicted octanol–water partition coefficient (Wildman–Crippen LogP) is 0.260. The molecule has 7 heteroatoms. The van der Waals surface area contributed by atoms with E-state index in [1.165, 1.54) is 10.9 Å². The number of fused-ring (bicyclic) bond motifs is 1. The van der Waals surface area contributed by atoms with Crippen molar-refractivity contribution in [2.75, 3.05) is 6.54 Å². The second-order valence-electron chi connectivity index (χ2n) is 5.33. The number of amides is 1. The molecule has 3 rings (SSSR count). The van der Waals surface area contributed by atoms with E-state index in [1.807, 2.05) is 0 Å². The molecule has 0 fully saturated rings. The Kier molecular flexibility index (Phi) is 3.95. The maximum Gasteiger partial charge on any atom is 0.271 e. The third-order valence-electron chi connectivity index (χ3n) is 3.65. The molecule has 1 N–H and O–H groups in total. The van der Waals surface area contributed by atoms with Crippen LogP contribution < -0.4 is 10.9 Å². The zero-order valence-corrected chi connectivity index (χ0v) is 12.4. The van der Waals surface area contributed by atoms with Gasteiger partial charge in [0.2, 0.25) is 0 Å². The number of nitrogens with one attached hydrogen (secondary N) is 1. The van der Waals surface area contributed by atoms with E-state index in [0.29, 0.717) is 13.1 Å². The van der Waals surface area contributed by atoms with Crippen LogP contribution in [0.4, 0.5) is 0 Å². The molecule has 2 heterocycles. The van der Waals surface area contributed by atoms with E-state index >= 15 is 0 Å². The second kappa shape index (κ2) is 6.05. The molecule has 0 unspecified atom stereocenters. The minimum absolute atomic E-state index is 0.120. The van der Waals surface area contributed by atoms with Crippen molar-refractivity contribution in [1.82, 2.24) is 25.1 Å². The van der Waals surface area contributed by atoms with Crippen LogP contribution in [0.25, 0.3) is 0 Å². The molecule has 2 aromatic heterocycles. The fraction of sp³-hybridized carbons (Fsp3) is 0.400. The minimum Gasteiger partial charge on any atom is -0.349 e. The molecule has 0 aromatic carbocycles. The highest BCUT2D eigenvalue weighted by molar-refractivity contribution is 5.91. The molecule has 0 aliphatic heterocycles. The molecule has 7 nitrogen and oxygen atoms in total. The normalized spacial score (nSPS) is 13.0. The lowest BCUT2D eigenvalue weighted by Crippen LogP contribution is -2.32. The Hall–Kier alpha value is -2.57. The lowest BCUT2D eigenvalue weighted by molar-refractivity contribution is 0.0946. The number of carbonyl (C=O) groups excluding carboxylic acids is 1. The summed E-state index contributed by atoms with van der Waals surface area (Å²) in [6, 6.07) is 1.66. The lowest BCUT2D eigenvalue weighted by Gasteiger charge is -2.08. The molecular formula is C15H17N5O2. The monoisotopic (exact) mass is 299 g/mol. The third kappa shape index (κ3) is 3.03. The fourth-order valence-corrected chi connectivity index (χ4v) is 2.48. The Morgan fingerprint density at radius 3 is 2.95 bits per heavy atom. The summed E-state index contributed by atoms with van der Waals surface area (Å²) >= 11 is 0. The SMILES string of the molecule is Cc1cnc(C(=O)NCCn2nc3c(cc2=O)CCC3)cn1. The van der Waals surface area contributed by atoms with Crippen LogP contribution in [0.15, 0.2) is 23.3 Å². The van der Waals surface area contributed by atoms with Crippen molar-refractivity contribution >= 4 is 5.91 Å². The number of nitrogens with zero attached hydrogens (tertiary/aromatic N) is 4. The quantitative estimate of drug-likeness (QED) is 0.874. The van der Waals surface area contributed by atoms with Gasteiger partial charge in [-0.1, -0.05) is 0 Å². The van der Waals surface area contributed by atoms with Crippen LogP contribution in [0, 0.1) is 6.92 Å². The Bertz CT molecular complexity index is 752. The van der Waals surface area contributed by atoms with Gasteiger partial charge in [-0.3, -0.25) is 14.6 Å². The van der Waals surface area contributed by atoms with E-state index < -0.39 is 0 Å². The van der Waals surface area contributed by atoms with Gasteiger partial charge >= 0.3 is 0 Å². The zero-order valence-electron chi connectivity index (χ0n) is 12.4. The standard InChI is InChI=1S/C15H17N5O2/c1-10-8-18-13(9-17-10)15(22)16-5-6-20-14(21)7-11-3-2-4-12(11)19-20/h7-9H,2-6H2,1H3,(H,16,22). The number of carbonyl (C=O) groups is 1. The predicted molar refractivity (Wildman–Crippen MR) is 79.6 cm³/mol. The largest absolute Gasteiger partial charge is 0.349 e. The number of hydrogen-bond donors (Lipinski definition) is 1. The van der Waals surface area contributed by atoms with Crippen molar-refractivity contribution in [2.24, 2.45) is 0 Å². The third-order valence-corrected chi connectivity index (χ3v) is 3.65. The van der Waals surface area contributed by atoms with Gasteiger partial charge in [-0.25, -0.2) is 9.67 Å². The molecule has 0 radical (unpaired) electrons. The van der Waals surface area contributed by atoms with E-state index in [1.54, 1.807) is 19.2 Å². The highest BCUT2D eigenvalue weighted by Gasteiger charge is 2.14. The number of hydrogen-bond acceptors (Lipinski definition) is 5. The number of aryl methyl sites for hydroxylation is 3. The van der Waals surface area contributed by atoms with Gasteiger partial charge in [0.15, 0.2) is 0 Å². The van der Waals surface area contributed by atoms with Crippen LogP contribution in [0.2, 0.25) is 0 Å². The van der Waals surface area contributed by atoms with Crippen LogP contribution in [0.3, 0.4) is 0 Å². The molecule has 0 bridgehead atoms. The van der Waals surface area contributed by atoms with Crippen molar-refractivity contribution in [1.29, 1.82) is 0 Å². The van der Waals surface area contributed by atoms with Gasteiger partial charge < -0.3 is 5.32 Å². The van der Waals surface area contributed by atoms with Crippen LogP contribution in [-0.4, -0.2) is 32.2 Å². The van der Waals surface area contributed by atoms with E-state index in [-0.39, 0.29) is 17.2 Å². The van der Waals surface area contributed by atoms with E-state index in [0.717, 1.165) is 36.2 Å². The average Bonchev–Trinajstić information content (AvgIpc) is 2.95. The first kappa shape index (κ1) is 14.4. The molecule has 2 aromatic rings. The molecule has 22 heavy (non-hydrogen) atoms. The molecule has 1 aliphatic carbocycles. The van der Waals surface area contributed by atoms with Crippen LogP contribution in [0.5, 0.6) is 0 Å². The van der Waals surface area contributed by atoms with Gasteiger partial charge in [0.1, 0.15) is 5.69 Å². The van der Waals surface area contributed by atoms with Crippen LogP contribution in [-0.2, 0) is 19.4 Å². The molecule has 1 aliphatic rings. The van der Waals surface area contributed by atoms with Crippen molar-refractivity contribution < 1.29 is 4.79 Å². The summed E-state index contributed by atoms with van der Waals surface area (Å²) in [7, 11) is 0. The maximum atomic E-state index is 11.9. The average molecular weight is 299 g/mol. The Morgan fingerprint density at radius 1 is 1.32 bits per heavy atom. The topological polar surface area (TPSA) is 89.8 Å². The van der Waals surface area contributed by atoms with Crippen molar-refractivity contribution in [3.63, 3.8) is 0 Å². The highest BCUT2D eigenvalue weighted by Crippen LogP contribution is 2.16. The van der Waals surface area contributed by atoms with Crippen molar-refractivity contribution in [2.45, 2.75) is 32.7 Å². The summed E-state index contributed by atoms with van der Waals surface area (Å²) in [4.78, 5) is 31.9. The maximum absolute atomic E-state index is 11.9. The summed E-state index contributed by atoms with van der Waals surface area (Å²) in [5, 5.41) is 7.08. The lowest BCUT2D eigenvalue weighted by atomic mass is 10.2. The molecule has 0 saturated carbocycles. The second-order valence-corrected chi connectivity index (χ2v) is 5.33. The Balaban J connectivity index is 1.60. The molecular weight excluding hydrogens is 282 g/mol. The zero-order chi connectivity index (χ0) is 15.5.